The number of aryl methyl sites for hydroxylation is 1. The smallest absolute Gasteiger partial charge is 0.263 e. The molecular weight excluding hydrogens is 284 g/mol. The average molecular weight is 306 g/mol. The summed E-state index contributed by atoms with van der Waals surface area (Å²) in [4.78, 5) is 28.5. The lowest BCUT2D eigenvalue weighted by molar-refractivity contribution is -0.125. The van der Waals surface area contributed by atoms with Crippen molar-refractivity contribution >= 4 is 23.2 Å². The molecule has 114 valence electrons. The second kappa shape index (κ2) is 6.18. The van der Waals surface area contributed by atoms with E-state index in [0.29, 0.717) is 6.54 Å². The van der Waals surface area contributed by atoms with Gasteiger partial charge >= 0.3 is 0 Å². The molecule has 0 unspecified atom stereocenters. The quantitative estimate of drug-likeness (QED) is 0.931. The molecule has 2 aliphatic rings. The first kappa shape index (κ1) is 14.6. The van der Waals surface area contributed by atoms with Gasteiger partial charge in [-0.1, -0.05) is 0 Å². The van der Waals surface area contributed by atoms with Gasteiger partial charge in [-0.2, -0.15) is 0 Å². The normalized spacial score (nSPS) is 21.2. The summed E-state index contributed by atoms with van der Waals surface area (Å²) >= 11 is 1.63. The Bertz CT molecular complexity index is 546. The van der Waals surface area contributed by atoms with Gasteiger partial charge in [0.05, 0.1) is 4.88 Å². The summed E-state index contributed by atoms with van der Waals surface area (Å²) in [7, 11) is 0. The highest BCUT2D eigenvalue weighted by atomic mass is 32.1. The second-order valence-electron chi connectivity index (χ2n) is 5.89. The maximum absolute atomic E-state index is 12.4. The third-order valence-corrected chi connectivity index (χ3v) is 5.63. The van der Waals surface area contributed by atoms with Gasteiger partial charge in [-0.3, -0.25) is 9.59 Å². The largest absolute Gasteiger partial charge is 0.356 e. The van der Waals surface area contributed by atoms with Crippen LogP contribution < -0.4 is 5.32 Å². The topological polar surface area (TPSA) is 49.4 Å². The van der Waals surface area contributed by atoms with E-state index in [1.165, 1.54) is 10.4 Å². The molecule has 1 aromatic heterocycles. The van der Waals surface area contributed by atoms with Gasteiger partial charge in [0.15, 0.2) is 0 Å². The number of hydrogen-bond donors (Lipinski definition) is 1. The lowest BCUT2D eigenvalue weighted by atomic mass is 9.88. The minimum Gasteiger partial charge on any atom is -0.356 e. The Hall–Kier alpha value is -1.36. The van der Waals surface area contributed by atoms with Crippen molar-refractivity contribution in [3.63, 3.8) is 0 Å². The minimum absolute atomic E-state index is 0.0711. The Morgan fingerprint density at radius 2 is 2.14 bits per heavy atom. The summed E-state index contributed by atoms with van der Waals surface area (Å²) in [6.07, 6.45) is 4.85. The van der Waals surface area contributed by atoms with Gasteiger partial charge in [0.1, 0.15) is 0 Å². The number of nitrogens with zero attached hydrogens (tertiary/aromatic N) is 1. The molecule has 0 spiro atoms. The first-order chi connectivity index (χ1) is 10.2. The third kappa shape index (κ3) is 2.98. The van der Waals surface area contributed by atoms with E-state index in [4.69, 9.17) is 0 Å². The summed E-state index contributed by atoms with van der Waals surface area (Å²) in [5.74, 6) is 0.407. The standard InChI is InChI=1S/C16H22N2O2S/c1-2-17-15(19)11-5-6-13-12(9-11)10-14(21-13)16(20)18-7-3-4-8-18/h10-11H,2-9H2,1H3,(H,17,19)/t11-/m0/s1. The Labute approximate surface area is 129 Å². The SMILES string of the molecule is CCNC(=O)[C@H]1CCc2sc(C(=O)N3CCCC3)cc2C1. The molecule has 21 heavy (non-hydrogen) atoms. The van der Waals surface area contributed by atoms with Crippen LogP contribution in [0.15, 0.2) is 6.07 Å². The zero-order valence-electron chi connectivity index (χ0n) is 12.5. The molecule has 3 rings (SSSR count). The highest BCUT2D eigenvalue weighted by Crippen LogP contribution is 2.33. The highest BCUT2D eigenvalue weighted by molar-refractivity contribution is 7.14. The Kier molecular flexibility index (Phi) is 4.29. The predicted molar refractivity (Wildman–Crippen MR) is 83.7 cm³/mol. The third-order valence-electron chi connectivity index (χ3n) is 4.41. The van der Waals surface area contributed by atoms with Gasteiger partial charge in [0, 0.05) is 30.4 Å². The van der Waals surface area contributed by atoms with Gasteiger partial charge in [-0.15, -0.1) is 11.3 Å². The molecule has 1 N–H and O–H groups in total. The van der Waals surface area contributed by atoms with Gasteiger partial charge in [0.2, 0.25) is 5.91 Å². The molecule has 0 radical (unpaired) electrons. The van der Waals surface area contributed by atoms with Crippen LogP contribution in [0.3, 0.4) is 0 Å². The van der Waals surface area contributed by atoms with Crippen molar-refractivity contribution in [3.05, 3.63) is 21.4 Å². The van der Waals surface area contributed by atoms with Crippen molar-refractivity contribution in [2.45, 2.75) is 39.0 Å². The monoisotopic (exact) mass is 306 g/mol. The Morgan fingerprint density at radius 3 is 2.86 bits per heavy atom. The Balaban J connectivity index is 1.72. The molecule has 1 atom stereocenters. The van der Waals surface area contributed by atoms with E-state index in [1.807, 2.05) is 17.9 Å². The number of amides is 2. The molecule has 0 bridgehead atoms. The molecule has 1 fully saturated rings. The van der Waals surface area contributed by atoms with Crippen LogP contribution in [0.5, 0.6) is 0 Å². The first-order valence-electron chi connectivity index (χ1n) is 7.87. The van der Waals surface area contributed by atoms with E-state index in [2.05, 4.69) is 5.32 Å². The van der Waals surface area contributed by atoms with Gasteiger partial charge in [-0.05, 0) is 50.7 Å². The number of hydrogen-bond acceptors (Lipinski definition) is 3. The van der Waals surface area contributed by atoms with E-state index < -0.39 is 0 Å². The summed E-state index contributed by atoms with van der Waals surface area (Å²) in [6, 6.07) is 2.03. The molecule has 1 aromatic rings. The van der Waals surface area contributed by atoms with Crippen molar-refractivity contribution in [2.75, 3.05) is 19.6 Å². The maximum Gasteiger partial charge on any atom is 0.263 e. The van der Waals surface area contributed by atoms with E-state index >= 15 is 0 Å². The molecule has 1 aliphatic carbocycles. The molecule has 1 aliphatic heterocycles. The summed E-state index contributed by atoms with van der Waals surface area (Å²) in [5, 5.41) is 2.91. The molecule has 4 nitrogen and oxygen atoms in total. The van der Waals surface area contributed by atoms with Crippen LogP contribution in [0.1, 0.15) is 46.3 Å². The maximum atomic E-state index is 12.4. The van der Waals surface area contributed by atoms with Gasteiger partial charge in [0.25, 0.3) is 5.91 Å². The molecule has 5 heteroatoms. The molecule has 1 saturated heterocycles. The van der Waals surface area contributed by atoms with Gasteiger partial charge in [-0.25, -0.2) is 0 Å². The lowest BCUT2D eigenvalue weighted by Crippen LogP contribution is -2.33. The zero-order valence-corrected chi connectivity index (χ0v) is 13.3. The first-order valence-corrected chi connectivity index (χ1v) is 8.69. The average Bonchev–Trinajstić information content (AvgIpc) is 3.15. The second-order valence-corrected chi connectivity index (χ2v) is 7.03. The fourth-order valence-corrected chi connectivity index (χ4v) is 4.42. The highest BCUT2D eigenvalue weighted by Gasteiger charge is 2.28. The van der Waals surface area contributed by atoms with Gasteiger partial charge < -0.3 is 10.2 Å². The van der Waals surface area contributed by atoms with Crippen LogP contribution >= 0.6 is 11.3 Å². The Morgan fingerprint density at radius 1 is 1.38 bits per heavy atom. The van der Waals surface area contributed by atoms with Crippen LogP contribution in [-0.2, 0) is 17.6 Å². The fraction of sp³-hybridized carbons (Fsp3) is 0.625. The summed E-state index contributed by atoms with van der Waals surface area (Å²) in [6.45, 7) is 4.42. The van der Waals surface area contributed by atoms with Crippen LogP contribution in [-0.4, -0.2) is 36.3 Å². The predicted octanol–water partition coefficient (Wildman–Crippen LogP) is 2.23. The number of fused-ring (bicyclic) bond motifs is 1. The molecule has 0 aromatic carbocycles. The lowest BCUT2D eigenvalue weighted by Gasteiger charge is -2.20. The number of carbonyl (C=O) groups excluding carboxylic acids is 2. The van der Waals surface area contributed by atoms with Crippen LogP contribution in [0, 0.1) is 5.92 Å². The van der Waals surface area contributed by atoms with E-state index in [9.17, 15) is 9.59 Å². The van der Waals surface area contributed by atoms with E-state index in [1.54, 1.807) is 11.3 Å². The molecular formula is C16H22N2O2S. The van der Waals surface area contributed by atoms with Crippen molar-refractivity contribution in [3.8, 4) is 0 Å². The summed E-state index contributed by atoms with van der Waals surface area (Å²) in [5.41, 5.74) is 1.21. The number of rotatable bonds is 3. The summed E-state index contributed by atoms with van der Waals surface area (Å²) < 4.78 is 0. The number of likely N-dealkylation sites (tertiary alicyclic amines) is 1. The van der Waals surface area contributed by atoms with Crippen molar-refractivity contribution in [2.24, 2.45) is 5.92 Å². The van der Waals surface area contributed by atoms with Crippen LogP contribution in [0.4, 0.5) is 0 Å². The number of thiophene rings is 1. The molecule has 0 saturated carbocycles. The fourth-order valence-electron chi connectivity index (χ4n) is 3.25. The van der Waals surface area contributed by atoms with Crippen molar-refractivity contribution < 1.29 is 9.59 Å². The zero-order chi connectivity index (χ0) is 14.8. The van der Waals surface area contributed by atoms with Crippen molar-refractivity contribution in [1.82, 2.24) is 10.2 Å². The van der Waals surface area contributed by atoms with Crippen LogP contribution in [0.2, 0.25) is 0 Å². The number of nitrogens with one attached hydrogen (secondary N) is 1. The number of carbonyl (C=O) groups is 2. The van der Waals surface area contributed by atoms with E-state index in [0.717, 1.165) is 50.1 Å². The molecule has 2 amide bonds. The minimum atomic E-state index is 0.0711. The van der Waals surface area contributed by atoms with Crippen molar-refractivity contribution in [1.29, 1.82) is 0 Å². The van der Waals surface area contributed by atoms with E-state index in [-0.39, 0.29) is 17.7 Å². The molecule has 2 heterocycles. The van der Waals surface area contributed by atoms with Crippen LogP contribution in [0.25, 0.3) is 0 Å².